The standard InChI is InChI=1S/C29H35FN4O4/c1-4-34-24(19-32-15-8-16-33(18-17-32)27(35)21-11-13-22(30)14-12-21)25(28(36)38-5-2)26(31-29(34)37)23-10-7-6-9-20(23)3/h6-7,9-14,26H,4-5,8,15-19H2,1-3H3,(H,31,37)/t26-/m1/s1. The highest BCUT2D eigenvalue weighted by molar-refractivity contribution is 5.95. The van der Waals surface area contributed by atoms with Gasteiger partial charge < -0.3 is 15.0 Å². The van der Waals surface area contributed by atoms with Gasteiger partial charge in [0.15, 0.2) is 0 Å². The number of hydrogen-bond donors (Lipinski definition) is 1. The van der Waals surface area contributed by atoms with Crippen LogP contribution in [-0.4, -0.2) is 78.5 Å². The number of esters is 1. The Morgan fingerprint density at radius 3 is 2.45 bits per heavy atom. The SMILES string of the molecule is CCOC(=O)C1=C(CN2CCCN(C(=O)c3ccc(F)cc3)CC2)N(CC)C(=O)N[C@@H]1c1ccccc1C. The van der Waals surface area contributed by atoms with Crippen LogP contribution in [0.3, 0.4) is 0 Å². The van der Waals surface area contributed by atoms with Crippen molar-refractivity contribution >= 4 is 17.9 Å². The van der Waals surface area contributed by atoms with Gasteiger partial charge in [-0.2, -0.15) is 0 Å². The highest BCUT2D eigenvalue weighted by Gasteiger charge is 2.39. The molecule has 1 fully saturated rings. The molecule has 0 spiro atoms. The molecule has 1 atom stereocenters. The molecule has 9 heteroatoms. The van der Waals surface area contributed by atoms with Crippen molar-refractivity contribution in [3.63, 3.8) is 0 Å². The number of rotatable bonds is 7. The number of hydrogen-bond acceptors (Lipinski definition) is 5. The van der Waals surface area contributed by atoms with Crippen molar-refractivity contribution in [1.29, 1.82) is 0 Å². The van der Waals surface area contributed by atoms with Crippen molar-refractivity contribution in [1.82, 2.24) is 20.0 Å². The molecule has 2 aliphatic rings. The molecule has 0 saturated carbocycles. The van der Waals surface area contributed by atoms with E-state index in [2.05, 4.69) is 10.2 Å². The Morgan fingerprint density at radius 2 is 1.76 bits per heavy atom. The van der Waals surface area contributed by atoms with E-state index in [0.29, 0.717) is 56.1 Å². The van der Waals surface area contributed by atoms with Crippen LogP contribution in [0.1, 0.15) is 47.8 Å². The van der Waals surface area contributed by atoms with E-state index in [4.69, 9.17) is 4.74 Å². The van der Waals surface area contributed by atoms with Crippen LogP contribution in [0.5, 0.6) is 0 Å². The molecule has 0 aromatic heterocycles. The number of carbonyl (C=O) groups excluding carboxylic acids is 3. The minimum Gasteiger partial charge on any atom is -0.463 e. The van der Waals surface area contributed by atoms with Crippen LogP contribution in [0.4, 0.5) is 9.18 Å². The van der Waals surface area contributed by atoms with Gasteiger partial charge in [-0.05, 0) is 62.6 Å². The third kappa shape index (κ3) is 5.88. The molecule has 8 nitrogen and oxygen atoms in total. The second-order valence-corrected chi connectivity index (χ2v) is 9.49. The lowest BCUT2D eigenvalue weighted by atomic mass is 9.91. The molecule has 0 bridgehead atoms. The lowest BCUT2D eigenvalue weighted by Gasteiger charge is -2.38. The third-order valence-corrected chi connectivity index (χ3v) is 7.09. The summed E-state index contributed by atoms with van der Waals surface area (Å²) in [5.41, 5.74) is 3.33. The molecule has 2 aliphatic heterocycles. The van der Waals surface area contributed by atoms with Crippen LogP contribution in [0.2, 0.25) is 0 Å². The maximum atomic E-state index is 13.3. The minimum atomic E-state index is -0.621. The summed E-state index contributed by atoms with van der Waals surface area (Å²) >= 11 is 0. The van der Waals surface area contributed by atoms with Gasteiger partial charge in [0, 0.05) is 50.5 Å². The summed E-state index contributed by atoms with van der Waals surface area (Å²) in [6.45, 7) is 8.91. The molecule has 2 heterocycles. The van der Waals surface area contributed by atoms with Crippen molar-refractivity contribution in [2.75, 3.05) is 45.9 Å². The fraction of sp³-hybridized carbons (Fsp3) is 0.414. The van der Waals surface area contributed by atoms with Crippen LogP contribution in [0.25, 0.3) is 0 Å². The number of benzene rings is 2. The number of urea groups is 1. The molecule has 0 unspecified atom stereocenters. The Labute approximate surface area is 223 Å². The Balaban J connectivity index is 1.62. The van der Waals surface area contributed by atoms with E-state index in [1.165, 1.54) is 24.3 Å². The maximum Gasteiger partial charge on any atom is 0.338 e. The highest BCUT2D eigenvalue weighted by atomic mass is 19.1. The summed E-state index contributed by atoms with van der Waals surface area (Å²) in [4.78, 5) is 45.1. The van der Waals surface area contributed by atoms with Crippen LogP contribution in [-0.2, 0) is 9.53 Å². The number of nitrogens with zero attached hydrogens (tertiary/aromatic N) is 3. The molecule has 1 N–H and O–H groups in total. The molecule has 2 aromatic carbocycles. The predicted octanol–water partition coefficient (Wildman–Crippen LogP) is 3.89. The first-order valence-electron chi connectivity index (χ1n) is 13.1. The van der Waals surface area contributed by atoms with Crippen molar-refractivity contribution in [3.8, 4) is 0 Å². The fourth-order valence-corrected chi connectivity index (χ4v) is 5.12. The first kappa shape index (κ1) is 27.3. The number of ether oxygens (including phenoxy) is 1. The fourth-order valence-electron chi connectivity index (χ4n) is 5.12. The van der Waals surface area contributed by atoms with Gasteiger partial charge in [-0.1, -0.05) is 24.3 Å². The van der Waals surface area contributed by atoms with E-state index in [1.807, 2.05) is 38.1 Å². The van der Waals surface area contributed by atoms with Crippen LogP contribution in [0, 0.1) is 12.7 Å². The van der Waals surface area contributed by atoms with E-state index in [9.17, 15) is 18.8 Å². The molecule has 4 rings (SSSR count). The number of carbonyl (C=O) groups is 3. The van der Waals surface area contributed by atoms with Crippen LogP contribution >= 0.6 is 0 Å². The van der Waals surface area contributed by atoms with Crippen molar-refractivity contribution in [3.05, 3.63) is 82.3 Å². The average Bonchev–Trinajstić information content (AvgIpc) is 3.14. The van der Waals surface area contributed by atoms with Crippen molar-refractivity contribution < 1.29 is 23.5 Å². The first-order valence-corrected chi connectivity index (χ1v) is 13.1. The summed E-state index contributed by atoms with van der Waals surface area (Å²) in [6.07, 6.45) is 0.731. The van der Waals surface area contributed by atoms with Crippen molar-refractivity contribution in [2.45, 2.75) is 33.2 Å². The van der Waals surface area contributed by atoms with Gasteiger partial charge in [0.1, 0.15) is 5.82 Å². The molecule has 38 heavy (non-hydrogen) atoms. The second kappa shape index (κ2) is 12.2. The third-order valence-electron chi connectivity index (χ3n) is 7.09. The second-order valence-electron chi connectivity index (χ2n) is 9.49. The van der Waals surface area contributed by atoms with Gasteiger partial charge in [0.2, 0.25) is 0 Å². The zero-order valence-corrected chi connectivity index (χ0v) is 22.2. The molecule has 0 aliphatic carbocycles. The smallest absolute Gasteiger partial charge is 0.338 e. The summed E-state index contributed by atoms with van der Waals surface area (Å²) in [6, 6.07) is 12.4. The maximum absolute atomic E-state index is 13.3. The summed E-state index contributed by atoms with van der Waals surface area (Å²) in [5, 5.41) is 3.02. The average molecular weight is 523 g/mol. The van der Waals surface area contributed by atoms with E-state index < -0.39 is 12.0 Å². The molecule has 3 amide bonds. The Bertz CT molecular complexity index is 1210. The zero-order valence-electron chi connectivity index (χ0n) is 22.2. The molecular formula is C29H35FN4O4. The number of nitrogens with one attached hydrogen (secondary N) is 1. The Morgan fingerprint density at radius 1 is 1.03 bits per heavy atom. The summed E-state index contributed by atoms with van der Waals surface area (Å²) in [5.74, 6) is -0.961. The lowest BCUT2D eigenvalue weighted by molar-refractivity contribution is -0.139. The van der Waals surface area contributed by atoms with E-state index >= 15 is 0 Å². The minimum absolute atomic E-state index is 0.134. The first-order chi connectivity index (χ1) is 18.3. The summed E-state index contributed by atoms with van der Waals surface area (Å²) in [7, 11) is 0. The normalized spacial score (nSPS) is 18.7. The number of likely N-dealkylation sites (N-methyl/N-ethyl adjacent to an activating group) is 1. The molecule has 0 radical (unpaired) electrons. The van der Waals surface area contributed by atoms with Crippen LogP contribution < -0.4 is 5.32 Å². The number of amides is 3. The largest absolute Gasteiger partial charge is 0.463 e. The zero-order chi connectivity index (χ0) is 27.2. The predicted molar refractivity (Wildman–Crippen MR) is 142 cm³/mol. The van der Waals surface area contributed by atoms with Gasteiger partial charge >= 0.3 is 12.0 Å². The molecule has 1 saturated heterocycles. The van der Waals surface area contributed by atoms with Gasteiger partial charge in [-0.15, -0.1) is 0 Å². The molecular weight excluding hydrogens is 487 g/mol. The monoisotopic (exact) mass is 522 g/mol. The van der Waals surface area contributed by atoms with Crippen LogP contribution in [0.15, 0.2) is 59.8 Å². The number of aryl methyl sites for hydroxylation is 1. The molecule has 2 aromatic rings. The summed E-state index contributed by atoms with van der Waals surface area (Å²) < 4.78 is 18.8. The number of halogens is 1. The lowest BCUT2D eigenvalue weighted by Crippen LogP contribution is -2.51. The van der Waals surface area contributed by atoms with Gasteiger partial charge in [-0.3, -0.25) is 14.6 Å². The molecule has 202 valence electrons. The quantitative estimate of drug-likeness (QED) is 0.558. The van der Waals surface area contributed by atoms with E-state index in [1.54, 1.807) is 16.7 Å². The van der Waals surface area contributed by atoms with Gasteiger partial charge in [-0.25, -0.2) is 14.0 Å². The van der Waals surface area contributed by atoms with Gasteiger partial charge in [0.25, 0.3) is 5.91 Å². The Hall–Kier alpha value is -3.72. The van der Waals surface area contributed by atoms with E-state index in [0.717, 1.165) is 17.5 Å². The van der Waals surface area contributed by atoms with Gasteiger partial charge in [0.05, 0.1) is 18.2 Å². The topological polar surface area (TPSA) is 82.2 Å². The van der Waals surface area contributed by atoms with E-state index in [-0.39, 0.29) is 24.4 Å². The Kier molecular flexibility index (Phi) is 8.78. The van der Waals surface area contributed by atoms with Crippen molar-refractivity contribution in [2.24, 2.45) is 0 Å². The highest BCUT2D eigenvalue weighted by Crippen LogP contribution is 2.33.